The van der Waals surface area contributed by atoms with Gasteiger partial charge < -0.3 is 14.5 Å². The minimum absolute atomic E-state index is 0.0606. The van der Waals surface area contributed by atoms with Crippen molar-refractivity contribution in [2.45, 2.75) is 38.5 Å². The molecule has 0 spiro atoms. The van der Waals surface area contributed by atoms with Gasteiger partial charge in [-0.25, -0.2) is 4.68 Å². The van der Waals surface area contributed by atoms with E-state index in [9.17, 15) is 4.79 Å². The van der Waals surface area contributed by atoms with Gasteiger partial charge >= 0.3 is 0 Å². The van der Waals surface area contributed by atoms with Crippen LogP contribution in [0.25, 0.3) is 11.3 Å². The third-order valence-corrected chi connectivity index (χ3v) is 4.16. The lowest BCUT2D eigenvalue weighted by atomic mass is 10.2. The number of ether oxygens (including phenoxy) is 1. The van der Waals surface area contributed by atoms with Crippen LogP contribution in [0.15, 0.2) is 23.0 Å². The average molecular weight is 302 g/mol. The van der Waals surface area contributed by atoms with Gasteiger partial charge in [0.05, 0.1) is 37.5 Å². The van der Waals surface area contributed by atoms with Crippen LogP contribution in [0.2, 0.25) is 0 Å². The number of carbonyl (C=O) groups excluding carboxylic acids is 1. The molecule has 1 aliphatic heterocycles. The van der Waals surface area contributed by atoms with E-state index in [1.165, 1.54) is 12.8 Å². The van der Waals surface area contributed by atoms with Gasteiger partial charge in [0.15, 0.2) is 0 Å². The Morgan fingerprint density at radius 2 is 2.36 bits per heavy atom. The number of fused-ring (bicyclic) bond motifs is 1. The molecule has 7 nitrogen and oxygen atoms in total. The second-order valence-electron chi connectivity index (χ2n) is 5.96. The first kappa shape index (κ1) is 13.5. The molecule has 4 rings (SSSR count). The van der Waals surface area contributed by atoms with Gasteiger partial charge in [0.25, 0.3) is 0 Å². The summed E-state index contributed by atoms with van der Waals surface area (Å²) in [6, 6.07) is 1.86. The highest BCUT2D eigenvalue weighted by atomic mass is 16.5. The Bertz CT molecular complexity index is 660. The topological polar surface area (TPSA) is 82.2 Å². The third kappa shape index (κ3) is 2.76. The van der Waals surface area contributed by atoms with E-state index in [1.54, 1.807) is 12.5 Å². The van der Waals surface area contributed by atoms with E-state index in [1.807, 2.05) is 10.7 Å². The molecule has 7 heteroatoms. The van der Waals surface area contributed by atoms with Crippen molar-refractivity contribution in [1.29, 1.82) is 0 Å². The van der Waals surface area contributed by atoms with E-state index in [0.717, 1.165) is 17.0 Å². The molecule has 0 saturated heterocycles. The fraction of sp³-hybridized carbons (Fsp3) is 0.533. The fourth-order valence-corrected chi connectivity index (χ4v) is 2.70. The van der Waals surface area contributed by atoms with E-state index in [0.29, 0.717) is 32.0 Å². The Hall–Kier alpha value is -2.15. The molecule has 116 valence electrons. The molecule has 1 fully saturated rings. The Balaban J connectivity index is 1.36. The molecular weight excluding hydrogens is 284 g/mol. The molecule has 2 aromatic rings. The summed E-state index contributed by atoms with van der Waals surface area (Å²) in [5.74, 6) is 0.723. The van der Waals surface area contributed by atoms with Crippen molar-refractivity contribution in [2.75, 3.05) is 6.54 Å². The highest BCUT2D eigenvalue weighted by molar-refractivity contribution is 5.76. The van der Waals surface area contributed by atoms with Gasteiger partial charge in [-0.15, -0.1) is 5.10 Å². The molecule has 0 bridgehead atoms. The van der Waals surface area contributed by atoms with Gasteiger partial charge in [-0.3, -0.25) is 4.79 Å². The van der Waals surface area contributed by atoms with E-state index in [4.69, 9.17) is 9.15 Å². The molecule has 0 aromatic carbocycles. The summed E-state index contributed by atoms with van der Waals surface area (Å²) in [4.78, 5) is 11.7. The van der Waals surface area contributed by atoms with Crippen LogP contribution in [0, 0.1) is 5.92 Å². The quantitative estimate of drug-likeness (QED) is 0.901. The van der Waals surface area contributed by atoms with Crippen molar-refractivity contribution < 1.29 is 13.9 Å². The maximum Gasteiger partial charge on any atom is 0.220 e. The number of hydrogen-bond acceptors (Lipinski definition) is 5. The largest absolute Gasteiger partial charge is 0.472 e. The number of nitrogens with zero attached hydrogens (tertiary/aromatic N) is 3. The zero-order valence-corrected chi connectivity index (χ0v) is 12.2. The van der Waals surface area contributed by atoms with Crippen molar-refractivity contribution in [3.63, 3.8) is 0 Å². The van der Waals surface area contributed by atoms with Crippen LogP contribution in [0.5, 0.6) is 0 Å². The predicted octanol–water partition coefficient (Wildman–Crippen LogP) is 1.35. The lowest BCUT2D eigenvalue weighted by Crippen LogP contribution is -2.39. The summed E-state index contributed by atoms with van der Waals surface area (Å²) in [6.07, 6.45) is 6.22. The first-order valence-electron chi connectivity index (χ1n) is 7.63. The van der Waals surface area contributed by atoms with Gasteiger partial charge in [-0.1, -0.05) is 5.21 Å². The van der Waals surface area contributed by atoms with Crippen molar-refractivity contribution in [1.82, 2.24) is 20.3 Å². The minimum Gasteiger partial charge on any atom is -0.472 e. The molecule has 2 aliphatic rings. The van der Waals surface area contributed by atoms with Gasteiger partial charge in [-0.05, 0) is 24.8 Å². The lowest BCUT2D eigenvalue weighted by Gasteiger charge is -2.24. The Morgan fingerprint density at radius 1 is 1.45 bits per heavy atom. The van der Waals surface area contributed by atoms with Crippen LogP contribution >= 0.6 is 0 Å². The van der Waals surface area contributed by atoms with Crippen LogP contribution < -0.4 is 5.32 Å². The summed E-state index contributed by atoms with van der Waals surface area (Å²) in [6.45, 7) is 1.56. The van der Waals surface area contributed by atoms with Crippen LogP contribution in [0.3, 0.4) is 0 Å². The molecule has 2 aromatic heterocycles. The van der Waals surface area contributed by atoms with E-state index >= 15 is 0 Å². The van der Waals surface area contributed by atoms with Crippen LogP contribution in [-0.4, -0.2) is 33.5 Å². The highest BCUT2D eigenvalue weighted by Crippen LogP contribution is 2.32. The summed E-state index contributed by atoms with van der Waals surface area (Å²) in [5.41, 5.74) is 2.65. The molecule has 1 N–H and O–H groups in total. The van der Waals surface area contributed by atoms with Crippen LogP contribution in [0.1, 0.15) is 25.0 Å². The van der Waals surface area contributed by atoms with Gasteiger partial charge in [-0.2, -0.15) is 0 Å². The summed E-state index contributed by atoms with van der Waals surface area (Å²) in [7, 11) is 0. The number of amides is 1. The molecule has 1 aliphatic carbocycles. The van der Waals surface area contributed by atoms with Crippen molar-refractivity contribution in [3.05, 3.63) is 24.3 Å². The van der Waals surface area contributed by atoms with Crippen molar-refractivity contribution in [3.8, 4) is 11.3 Å². The average Bonchev–Trinajstić information content (AvgIpc) is 3.03. The molecule has 0 radical (unpaired) electrons. The number of carbonyl (C=O) groups is 1. The first-order chi connectivity index (χ1) is 10.8. The lowest BCUT2D eigenvalue weighted by molar-refractivity contribution is -0.122. The smallest absolute Gasteiger partial charge is 0.220 e. The Labute approximate surface area is 127 Å². The van der Waals surface area contributed by atoms with Crippen molar-refractivity contribution >= 4 is 5.91 Å². The molecule has 22 heavy (non-hydrogen) atoms. The SMILES string of the molecule is O=C(CC1CC1)NC[C@@H]1Cn2nnc(-c3ccoc3)c2CO1. The summed E-state index contributed by atoms with van der Waals surface area (Å²) in [5, 5.41) is 11.3. The minimum atomic E-state index is -0.0606. The van der Waals surface area contributed by atoms with Gasteiger partial charge in [0.1, 0.15) is 5.69 Å². The third-order valence-electron chi connectivity index (χ3n) is 4.16. The number of hydrogen-bond donors (Lipinski definition) is 1. The number of aromatic nitrogens is 3. The zero-order chi connectivity index (χ0) is 14.9. The number of furan rings is 1. The molecule has 1 atom stereocenters. The normalized spacial score (nSPS) is 20.6. The van der Waals surface area contributed by atoms with Crippen LogP contribution in [0.4, 0.5) is 0 Å². The second kappa shape index (κ2) is 5.57. The van der Waals surface area contributed by atoms with Gasteiger partial charge in [0, 0.05) is 18.5 Å². The van der Waals surface area contributed by atoms with E-state index in [-0.39, 0.29) is 12.0 Å². The maximum absolute atomic E-state index is 11.7. The monoisotopic (exact) mass is 302 g/mol. The number of rotatable bonds is 5. The first-order valence-corrected chi connectivity index (χ1v) is 7.63. The molecule has 1 saturated carbocycles. The molecular formula is C15H18N4O3. The van der Waals surface area contributed by atoms with E-state index < -0.39 is 0 Å². The molecule has 0 unspecified atom stereocenters. The summed E-state index contributed by atoms with van der Waals surface area (Å²) >= 11 is 0. The zero-order valence-electron chi connectivity index (χ0n) is 12.2. The second-order valence-corrected chi connectivity index (χ2v) is 5.96. The Kier molecular flexibility index (Phi) is 3.42. The van der Waals surface area contributed by atoms with Crippen molar-refractivity contribution in [2.24, 2.45) is 5.92 Å². The molecule has 3 heterocycles. The Morgan fingerprint density at radius 3 is 3.14 bits per heavy atom. The number of nitrogens with one attached hydrogen (secondary N) is 1. The van der Waals surface area contributed by atoms with Gasteiger partial charge in [0.2, 0.25) is 5.91 Å². The summed E-state index contributed by atoms with van der Waals surface area (Å²) < 4.78 is 12.8. The standard InChI is InChI=1S/C15H18N4O3/c20-14(5-10-1-2-10)16-6-12-7-19-13(9-22-12)15(17-18-19)11-3-4-21-8-11/h3-4,8,10,12H,1-2,5-7,9H2,(H,16,20)/t12-/m1/s1. The predicted molar refractivity (Wildman–Crippen MR) is 76.7 cm³/mol. The highest BCUT2D eigenvalue weighted by Gasteiger charge is 2.27. The maximum atomic E-state index is 11.7. The van der Waals surface area contributed by atoms with Crippen LogP contribution in [-0.2, 0) is 22.7 Å². The molecule has 1 amide bonds. The fourth-order valence-electron chi connectivity index (χ4n) is 2.70. The van der Waals surface area contributed by atoms with E-state index in [2.05, 4.69) is 15.6 Å².